The van der Waals surface area contributed by atoms with E-state index in [1.807, 2.05) is 19.9 Å². The summed E-state index contributed by atoms with van der Waals surface area (Å²) in [4.78, 5) is 11.1. The Hall–Kier alpha value is -2.00. The van der Waals surface area contributed by atoms with Gasteiger partial charge < -0.3 is 10.2 Å². The molecule has 0 amide bonds. The number of nitrogens with one attached hydrogen (secondary N) is 1. The number of aryl methyl sites for hydroxylation is 2. The van der Waals surface area contributed by atoms with Crippen LogP contribution in [0.1, 0.15) is 24.2 Å². The molecule has 8 nitrogen and oxygen atoms in total. The van der Waals surface area contributed by atoms with Crippen molar-refractivity contribution in [3.05, 3.63) is 29.8 Å². The minimum absolute atomic E-state index is 0.223. The van der Waals surface area contributed by atoms with Gasteiger partial charge in [-0.2, -0.15) is 5.10 Å². The monoisotopic (exact) mass is 378 g/mol. The highest BCUT2D eigenvalue weighted by molar-refractivity contribution is 7.90. The lowest BCUT2D eigenvalue weighted by Gasteiger charge is -2.32. The van der Waals surface area contributed by atoms with E-state index in [0.29, 0.717) is 18.4 Å². The number of nitrogens with zero attached hydrogens (tertiary/aromatic N) is 5. The Balaban J connectivity index is 1.57. The molecule has 0 unspecified atom stereocenters. The SMILES string of the molecule is Cc1cc(C)n(-c2cncc(NC3CCN(CCS(C)(=O)=O)CC3)n2)n1. The summed E-state index contributed by atoms with van der Waals surface area (Å²) >= 11 is 0. The van der Waals surface area contributed by atoms with Crippen LogP contribution in [0, 0.1) is 13.8 Å². The van der Waals surface area contributed by atoms with Crippen LogP contribution in [0.15, 0.2) is 18.5 Å². The first-order chi connectivity index (χ1) is 12.3. The van der Waals surface area contributed by atoms with Crippen molar-refractivity contribution < 1.29 is 8.42 Å². The van der Waals surface area contributed by atoms with E-state index in [1.54, 1.807) is 17.1 Å². The van der Waals surface area contributed by atoms with Gasteiger partial charge in [0.2, 0.25) is 0 Å². The van der Waals surface area contributed by atoms with Crippen molar-refractivity contribution in [2.75, 3.05) is 37.0 Å². The van der Waals surface area contributed by atoms with Crippen molar-refractivity contribution in [3.63, 3.8) is 0 Å². The molecule has 1 saturated heterocycles. The van der Waals surface area contributed by atoms with Crippen molar-refractivity contribution in [2.24, 2.45) is 0 Å². The maximum Gasteiger partial charge on any atom is 0.174 e. The second kappa shape index (κ2) is 7.71. The molecule has 9 heteroatoms. The van der Waals surface area contributed by atoms with Gasteiger partial charge in [-0.25, -0.2) is 18.1 Å². The van der Waals surface area contributed by atoms with E-state index in [-0.39, 0.29) is 5.75 Å². The lowest BCUT2D eigenvalue weighted by atomic mass is 10.1. The molecule has 1 aliphatic rings. The Morgan fingerprint density at radius 3 is 2.58 bits per heavy atom. The third-order valence-corrected chi connectivity index (χ3v) is 5.49. The van der Waals surface area contributed by atoms with E-state index in [0.717, 1.165) is 43.1 Å². The zero-order valence-electron chi connectivity index (χ0n) is 15.5. The normalized spacial score (nSPS) is 16.7. The molecular formula is C17H26N6O2S. The largest absolute Gasteiger partial charge is 0.366 e. The van der Waals surface area contributed by atoms with Gasteiger partial charge in [0.25, 0.3) is 0 Å². The van der Waals surface area contributed by atoms with E-state index in [1.165, 1.54) is 6.26 Å². The Kier molecular flexibility index (Phi) is 5.57. The first kappa shape index (κ1) is 18.8. The van der Waals surface area contributed by atoms with Crippen LogP contribution >= 0.6 is 0 Å². The van der Waals surface area contributed by atoms with Gasteiger partial charge in [-0.3, -0.25) is 4.98 Å². The van der Waals surface area contributed by atoms with Crippen molar-refractivity contribution in [1.82, 2.24) is 24.6 Å². The minimum Gasteiger partial charge on any atom is -0.366 e. The predicted molar refractivity (Wildman–Crippen MR) is 101 cm³/mol. The summed E-state index contributed by atoms with van der Waals surface area (Å²) in [6.07, 6.45) is 6.63. The van der Waals surface area contributed by atoms with Crippen molar-refractivity contribution >= 4 is 15.7 Å². The van der Waals surface area contributed by atoms with Crippen molar-refractivity contribution in [1.29, 1.82) is 0 Å². The molecule has 3 heterocycles. The fraction of sp³-hybridized carbons (Fsp3) is 0.588. The molecule has 1 N–H and O–H groups in total. The van der Waals surface area contributed by atoms with Crippen molar-refractivity contribution in [3.8, 4) is 5.82 Å². The third-order valence-electron chi connectivity index (χ3n) is 4.57. The second-order valence-electron chi connectivity index (χ2n) is 6.99. The highest BCUT2D eigenvalue weighted by Crippen LogP contribution is 2.16. The van der Waals surface area contributed by atoms with Crippen LogP contribution in [0.25, 0.3) is 5.82 Å². The smallest absolute Gasteiger partial charge is 0.174 e. The van der Waals surface area contributed by atoms with Gasteiger partial charge >= 0.3 is 0 Å². The first-order valence-electron chi connectivity index (χ1n) is 8.82. The Morgan fingerprint density at radius 1 is 1.23 bits per heavy atom. The van der Waals surface area contributed by atoms with E-state index >= 15 is 0 Å². The molecule has 0 aliphatic carbocycles. The third kappa shape index (κ3) is 5.01. The molecule has 1 fully saturated rings. The Morgan fingerprint density at radius 2 is 1.96 bits per heavy atom. The van der Waals surface area contributed by atoms with E-state index in [2.05, 4.69) is 25.3 Å². The summed E-state index contributed by atoms with van der Waals surface area (Å²) in [5.74, 6) is 1.66. The molecule has 2 aromatic rings. The van der Waals surface area contributed by atoms with Gasteiger partial charge in [-0.05, 0) is 32.8 Å². The average Bonchev–Trinajstić information content (AvgIpc) is 2.92. The van der Waals surface area contributed by atoms with Crippen LogP contribution in [0.5, 0.6) is 0 Å². The molecule has 0 atom stereocenters. The Labute approximate surface area is 154 Å². The summed E-state index contributed by atoms with van der Waals surface area (Å²) < 4.78 is 24.4. The highest BCUT2D eigenvalue weighted by atomic mass is 32.2. The number of rotatable bonds is 6. The molecule has 26 heavy (non-hydrogen) atoms. The molecule has 0 aromatic carbocycles. The molecule has 0 bridgehead atoms. The number of hydrogen-bond donors (Lipinski definition) is 1. The molecule has 142 valence electrons. The van der Waals surface area contributed by atoms with Gasteiger partial charge in [0.15, 0.2) is 5.82 Å². The second-order valence-corrected chi connectivity index (χ2v) is 9.25. The maximum atomic E-state index is 11.3. The number of anilines is 1. The highest BCUT2D eigenvalue weighted by Gasteiger charge is 2.20. The van der Waals surface area contributed by atoms with Gasteiger partial charge in [-0.15, -0.1) is 0 Å². The van der Waals surface area contributed by atoms with Gasteiger partial charge in [0, 0.05) is 37.6 Å². The molecule has 0 radical (unpaired) electrons. The topological polar surface area (TPSA) is 93.0 Å². The van der Waals surface area contributed by atoms with Crippen LogP contribution < -0.4 is 5.32 Å². The first-order valence-corrected chi connectivity index (χ1v) is 10.9. The van der Waals surface area contributed by atoms with Crippen LogP contribution in [-0.4, -0.2) is 70.8 Å². The molecule has 0 saturated carbocycles. The number of piperidine rings is 1. The van der Waals surface area contributed by atoms with Crippen molar-refractivity contribution in [2.45, 2.75) is 32.7 Å². The number of hydrogen-bond acceptors (Lipinski definition) is 7. The average molecular weight is 379 g/mol. The summed E-state index contributed by atoms with van der Waals surface area (Å²) in [7, 11) is -2.90. The number of sulfone groups is 1. The lowest BCUT2D eigenvalue weighted by molar-refractivity contribution is 0.230. The van der Waals surface area contributed by atoms with Gasteiger partial charge in [0.05, 0.1) is 23.8 Å². The maximum absolute atomic E-state index is 11.3. The summed E-state index contributed by atoms with van der Waals surface area (Å²) in [6.45, 7) is 6.33. The zero-order chi connectivity index (χ0) is 18.7. The quantitative estimate of drug-likeness (QED) is 0.807. The van der Waals surface area contributed by atoms with E-state index < -0.39 is 9.84 Å². The molecule has 2 aromatic heterocycles. The lowest BCUT2D eigenvalue weighted by Crippen LogP contribution is -2.41. The van der Waals surface area contributed by atoms with Gasteiger partial charge in [0.1, 0.15) is 15.7 Å². The van der Waals surface area contributed by atoms with Crippen LogP contribution in [0.3, 0.4) is 0 Å². The fourth-order valence-electron chi connectivity index (χ4n) is 3.19. The Bertz CT molecular complexity index is 856. The van der Waals surface area contributed by atoms with E-state index in [9.17, 15) is 8.42 Å². The van der Waals surface area contributed by atoms with E-state index in [4.69, 9.17) is 0 Å². The summed E-state index contributed by atoms with van der Waals surface area (Å²) in [5.41, 5.74) is 1.97. The van der Waals surface area contributed by atoms with Gasteiger partial charge in [-0.1, -0.05) is 0 Å². The predicted octanol–water partition coefficient (Wildman–Crippen LogP) is 1.20. The molecule has 3 rings (SSSR count). The molecule has 1 aliphatic heterocycles. The summed E-state index contributed by atoms with van der Waals surface area (Å²) in [6, 6.07) is 2.32. The van der Waals surface area contributed by atoms with Crippen LogP contribution in [0.4, 0.5) is 5.82 Å². The standard InChI is InChI=1S/C17H26N6O2S/c1-13-10-14(2)23(21-13)17-12-18-11-16(20-17)19-15-4-6-22(7-5-15)8-9-26(3,24)25/h10-12,15H,4-9H2,1-3H3,(H,19,20). The van der Waals surface area contributed by atoms with Crippen LogP contribution in [0.2, 0.25) is 0 Å². The zero-order valence-corrected chi connectivity index (χ0v) is 16.3. The van der Waals surface area contributed by atoms with Crippen LogP contribution in [-0.2, 0) is 9.84 Å². The minimum atomic E-state index is -2.90. The summed E-state index contributed by atoms with van der Waals surface area (Å²) in [5, 5.41) is 7.90. The number of likely N-dealkylation sites (tertiary alicyclic amines) is 1. The fourth-order valence-corrected chi connectivity index (χ4v) is 3.78. The number of aromatic nitrogens is 4. The molecular weight excluding hydrogens is 352 g/mol. The molecule has 0 spiro atoms.